The van der Waals surface area contributed by atoms with Gasteiger partial charge in [-0.25, -0.2) is 9.59 Å². The van der Waals surface area contributed by atoms with Crippen molar-refractivity contribution < 1.29 is 29.0 Å². The average Bonchev–Trinajstić information content (AvgIpc) is 2.68. The lowest BCUT2D eigenvalue weighted by Crippen LogP contribution is -2.54. The van der Waals surface area contributed by atoms with Gasteiger partial charge >= 0.3 is 18.2 Å². The first-order valence-corrected chi connectivity index (χ1v) is 11.7. The van der Waals surface area contributed by atoms with E-state index in [1.54, 1.807) is 74.5 Å². The minimum Gasteiger partial charge on any atom is -0.481 e. The molecule has 0 radical (unpaired) electrons. The summed E-state index contributed by atoms with van der Waals surface area (Å²) >= 11 is 0. The predicted molar refractivity (Wildman–Crippen MR) is 137 cm³/mol. The molecule has 8 heteroatoms. The van der Waals surface area contributed by atoms with Crippen molar-refractivity contribution in [2.45, 2.75) is 85.6 Å². The number of nitrogens with zero attached hydrogens (tertiary/aromatic N) is 1. The van der Waals surface area contributed by atoms with Gasteiger partial charge in [-0.15, -0.1) is 0 Å². The van der Waals surface area contributed by atoms with Crippen LogP contribution in [0.5, 0.6) is 0 Å². The largest absolute Gasteiger partial charge is 0.481 e. The minimum atomic E-state index is -1.05. The average molecular weight is 487 g/mol. The maximum absolute atomic E-state index is 13.4. The number of hydrogen-bond acceptors (Lipinski definition) is 5. The third-order valence-electron chi connectivity index (χ3n) is 5.18. The van der Waals surface area contributed by atoms with Crippen LogP contribution in [-0.2, 0) is 14.3 Å². The highest BCUT2D eigenvalue weighted by molar-refractivity contribution is 5.95. The summed E-state index contributed by atoms with van der Waals surface area (Å²) in [6, 6.07) is 4.49. The Morgan fingerprint density at radius 3 is 2.17 bits per heavy atom. The standard InChI is InChI=1S/C27H38N2O6/c1-17(28-23(32)34-25(2,3)4)20-13-12-19-11-10-18(14-15-27(8,9)22(30)31)16-21(19)29(20)24(33)35-26(5,6)7/h10-17,20H,1-9H3,(H,28,32)(H,30,31)/b15-14+/t17?,20-/m1/s1. The molecule has 1 aromatic carbocycles. The molecule has 1 aliphatic rings. The first-order valence-electron chi connectivity index (χ1n) is 11.7. The zero-order valence-electron chi connectivity index (χ0n) is 22.1. The van der Waals surface area contributed by atoms with Crippen LogP contribution in [0.25, 0.3) is 12.2 Å². The van der Waals surface area contributed by atoms with Crippen molar-refractivity contribution in [1.82, 2.24) is 5.32 Å². The van der Waals surface area contributed by atoms with Crippen molar-refractivity contribution >= 4 is 36.0 Å². The number of aliphatic carboxylic acids is 1. The zero-order chi connectivity index (χ0) is 26.8. The van der Waals surface area contributed by atoms with Crippen molar-refractivity contribution in [2.75, 3.05) is 4.90 Å². The second kappa shape index (κ2) is 10.1. The Hall–Kier alpha value is -3.29. The van der Waals surface area contributed by atoms with Gasteiger partial charge in [-0.05, 0) is 79.5 Å². The molecule has 1 unspecified atom stereocenters. The van der Waals surface area contributed by atoms with E-state index in [1.165, 1.54) is 4.90 Å². The van der Waals surface area contributed by atoms with Gasteiger partial charge < -0.3 is 19.9 Å². The summed E-state index contributed by atoms with van der Waals surface area (Å²) in [4.78, 5) is 38.7. The summed E-state index contributed by atoms with van der Waals surface area (Å²) in [5.41, 5.74) is -0.308. The Morgan fingerprint density at radius 1 is 1.03 bits per heavy atom. The fraction of sp³-hybridized carbons (Fsp3) is 0.519. The Labute approximate surface area is 208 Å². The number of fused-ring (bicyclic) bond motifs is 1. The van der Waals surface area contributed by atoms with E-state index in [4.69, 9.17) is 9.47 Å². The maximum atomic E-state index is 13.4. The molecule has 1 aliphatic heterocycles. The van der Waals surface area contributed by atoms with Crippen molar-refractivity contribution in [2.24, 2.45) is 5.41 Å². The Balaban J connectivity index is 2.45. The molecule has 8 nitrogen and oxygen atoms in total. The Morgan fingerprint density at radius 2 is 1.63 bits per heavy atom. The van der Waals surface area contributed by atoms with Crippen LogP contribution < -0.4 is 10.2 Å². The number of amides is 2. The molecule has 1 heterocycles. The molecule has 192 valence electrons. The normalized spacial score (nSPS) is 17.1. The lowest BCUT2D eigenvalue weighted by Gasteiger charge is -2.38. The first kappa shape index (κ1) is 28.0. The van der Waals surface area contributed by atoms with E-state index < -0.39 is 46.9 Å². The first-order chi connectivity index (χ1) is 15.9. The molecule has 0 saturated carbocycles. The van der Waals surface area contributed by atoms with Crippen LogP contribution in [0.1, 0.15) is 73.4 Å². The molecule has 2 amide bonds. The molecule has 2 N–H and O–H groups in total. The van der Waals surface area contributed by atoms with Crippen LogP contribution in [-0.4, -0.2) is 46.5 Å². The van der Waals surface area contributed by atoms with Gasteiger partial charge in [-0.2, -0.15) is 0 Å². The number of ether oxygens (including phenoxy) is 2. The van der Waals surface area contributed by atoms with Gasteiger partial charge in [-0.3, -0.25) is 9.69 Å². The highest BCUT2D eigenvalue weighted by atomic mass is 16.6. The molecular formula is C27H38N2O6. The summed E-state index contributed by atoms with van der Waals surface area (Å²) in [5.74, 6) is -0.938. The van der Waals surface area contributed by atoms with Crippen LogP contribution >= 0.6 is 0 Å². The summed E-state index contributed by atoms with van der Waals surface area (Å²) in [7, 11) is 0. The SMILES string of the molecule is CC(NC(=O)OC(C)(C)C)[C@H]1C=Cc2ccc(/C=C/C(C)(C)C(=O)O)cc2N1C(=O)OC(C)(C)C. The third-order valence-corrected chi connectivity index (χ3v) is 5.18. The number of carboxylic acid groups (broad SMARTS) is 1. The van der Waals surface area contributed by atoms with Gasteiger partial charge in [0.05, 0.1) is 23.2 Å². The third kappa shape index (κ3) is 7.87. The number of anilines is 1. The smallest absolute Gasteiger partial charge is 0.415 e. The molecule has 0 bridgehead atoms. The van der Waals surface area contributed by atoms with Crippen LogP contribution in [0.4, 0.5) is 15.3 Å². The van der Waals surface area contributed by atoms with Gasteiger partial charge in [0, 0.05) is 0 Å². The number of carbonyl (C=O) groups is 3. The number of rotatable bonds is 5. The van der Waals surface area contributed by atoms with E-state index in [0.29, 0.717) is 5.69 Å². The Bertz CT molecular complexity index is 1030. The zero-order valence-corrected chi connectivity index (χ0v) is 22.1. The monoisotopic (exact) mass is 486 g/mol. The number of carboxylic acids is 1. The van der Waals surface area contributed by atoms with E-state index in [1.807, 2.05) is 30.4 Å². The maximum Gasteiger partial charge on any atom is 0.415 e. The molecular weight excluding hydrogens is 448 g/mol. The quantitative estimate of drug-likeness (QED) is 0.540. The molecule has 0 aliphatic carbocycles. The second-order valence-corrected chi connectivity index (χ2v) is 11.3. The fourth-order valence-electron chi connectivity index (χ4n) is 3.34. The van der Waals surface area contributed by atoms with E-state index >= 15 is 0 Å². The van der Waals surface area contributed by atoms with Crippen LogP contribution in [0.2, 0.25) is 0 Å². The predicted octanol–water partition coefficient (Wildman–Crippen LogP) is 5.86. The van der Waals surface area contributed by atoms with E-state index in [9.17, 15) is 19.5 Å². The minimum absolute atomic E-state index is 0.494. The molecule has 2 atom stereocenters. The number of benzene rings is 1. The second-order valence-electron chi connectivity index (χ2n) is 11.3. The molecule has 0 spiro atoms. The number of nitrogens with one attached hydrogen (secondary N) is 1. The molecule has 0 fully saturated rings. The molecule has 0 aromatic heterocycles. The molecule has 35 heavy (non-hydrogen) atoms. The van der Waals surface area contributed by atoms with Crippen LogP contribution in [0, 0.1) is 5.41 Å². The summed E-state index contributed by atoms with van der Waals surface area (Å²) in [6.45, 7) is 15.7. The summed E-state index contributed by atoms with van der Waals surface area (Å²) in [5, 5.41) is 12.2. The lowest BCUT2D eigenvalue weighted by atomic mass is 9.92. The van der Waals surface area contributed by atoms with Gasteiger partial charge in [0.25, 0.3) is 0 Å². The van der Waals surface area contributed by atoms with Crippen molar-refractivity contribution in [3.05, 3.63) is 41.5 Å². The Kier molecular flexibility index (Phi) is 8.10. The van der Waals surface area contributed by atoms with Gasteiger partial charge in [0.2, 0.25) is 0 Å². The van der Waals surface area contributed by atoms with Gasteiger partial charge in [-0.1, -0.05) is 36.4 Å². The van der Waals surface area contributed by atoms with Crippen LogP contribution in [0.15, 0.2) is 30.4 Å². The van der Waals surface area contributed by atoms with Crippen molar-refractivity contribution in [3.63, 3.8) is 0 Å². The highest BCUT2D eigenvalue weighted by Crippen LogP contribution is 2.33. The fourth-order valence-corrected chi connectivity index (χ4v) is 3.34. The van der Waals surface area contributed by atoms with Crippen LogP contribution in [0.3, 0.4) is 0 Å². The van der Waals surface area contributed by atoms with Crippen molar-refractivity contribution in [3.8, 4) is 0 Å². The topological polar surface area (TPSA) is 105 Å². The van der Waals surface area contributed by atoms with E-state index in [2.05, 4.69) is 5.32 Å². The molecule has 1 aromatic rings. The number of alkyl carbamates (subject to hydrolysis) is 1. The molecule has 2 rings (SSSR count). The van der Waals surface area contributed by atoms with E-state index in [0.717, 1.165) is 11.1 Å². The van der Waals surface area contributed by atoms with Gasteiger partial charge in [0.15, 0.2) is 0 Å². The van der Waals surface area contributed by atoms with E-state index in [-0.39, 0.29) is 0 Å². The van der Waals surface area contributed by atoms with Gasteiger partial charge in [0.1, 0.15) is 11.2 Å². The summed E-state index contributed by atoms with van der Waals surface area (Å²) < 4.78 is 11.1. The van der Waals surface area contributed by atoms with Crippen molar-refractivity contribution in [1.29, 1.82) is 0 Å². The lowest BCUT2D eigenvalue weighted by molar-refractivity contribution is -0.144. The number of carbonyl (C=O) groups excluding carboxylic acids is 2. The number of hydrogen-bond donors (Lipinski definition) is 2. The molecule has 0 saturated heterocycles. The summed E-state index contributed by atoms with van der Waals surface area (Å²) in [6.07, 6.45) is 5.92. The highest BCUT2D eigenvalue weighted by Gasteiger charge is 2.36.